The molecule has 0 bridgehead atoms. The Morgan fingerprint density at radius 2 is 1.08 bits per heavy atom. The number of hydrogen-bond donors (Lipinski definition) is 1. The van der Waals surface area contributed by atoms with Crippen molar-refractivity contribution < 1.29 is 148 Å². The largest absolute Gasteiger partial charge is 1.00 e. The van der Waals surface area contributed by atoms with Crippen LogP contribution < -0.4 is 113 Å². The zero-order valence-corrected chi connectivity index (χ0v) is 46.8. The number of phenolic OH excluding ortho intramolecular Hbond substituents is 1. The first-order valence-electron chi connectivity index (χ1n) is 16.8. The number of rotatable bonds is 11. The molecule has 6 rings (SSSR count). The summed E-state index contributed by atoms with van der Waals surface area (Å²) in [5, 5.41) is 28.0. The molecule has 63 heavy (non-hydrogen) atoms. The van der Waals surface area contributed by atoms with E-state index in [4.69, 9.17) is 75.8 Å². The van der Waals surface area contributed by atoms with E-state index in [1.165, 1.54) is 4.68 Å². The normalized spacial score (nSPS) is 9.43. The first kappa shape index (κ1) is 64.2. The molecule has 0 amide bonds. The molecule has 0 saturated carbocycles. The molecule has 2 aromatic heterocycles. The first-order chi connectivity index (χ1) is 28.3. The fourth-order valence-electron chi connectivity index (χ4n) is 4.55. The van der Waals surface area contributed by atoms with Crippen molar-refractivity contribution in [3.8, 4) is 22.9 Å². The smallest absolute Gasteiger partial charge is 1.00 e. The van der Waals surface area contributed by atoms with Crippen molar-refractivity contribution in [1.82, 2.24) is 19.6 Å². The molecule has 0 saturated heterocycles. The van der Waals surface area contributed by atoms with Crippen molar-refractivity contribution in [3.05, 3.63) is 149 Å². The molecule has 0 atom stereocenters. The molecule has 0 aliphatic heterocycles. The van der Waals surface area contributed by atoms with Crippen LogP contribution >= 0.6 is 94.2 Å². The molecule has 0 aliphatic rings. The van der Waals surface area contributed by atoms with Crippen LogP contribution in [-0.4, -0.2) is 56.3 Å². The average molecular weight is 1190 g/mol. The number of benzene rings is 4. The average Bonchev–Trinajstić information content (AvgIpc) is 3.84. The number of aromatic hydroxyl groups is 1. The molecular weight excluding hydrogens is 1150 g/mol. The van der Waals surface area contributed by atoms with Gasteiger partial charge in [0.1, 0.15) is 29.5 Å². The quantitative estimate of drug-likeness (QED) is 0.0408. The third-order valence-electron chi connectivity index (χ3n) is 7.04. The summed E-state index contributed by atoms with van der Waals surface area (Å²) in [4.78, 5) is 35.1. The summed E-state index contributed by atoms with van der Waals surface area (Å²) < 4.78 is 20.8. The summed E-state index contributed by atoms with van der Waals surface area (Å²) in [6.45, 7) is 4.00. The Morgan fingerprint density at radius 1 is 0.714 bits per heavy atom. The minimum Gasteiger partial charge on any atom is -1.00 e. The summed E-state index contributed by atoms with van der Waals surface area (Å²) in [5.74, 6) is -0.0250. The van der Waals surface area contributed by atoms with Crippen LogP contribution in [0, 0.1) is 0 Å². The van der Waals surface area contributed by atoms with Crippen LogP contribution in [0.15, 0.2) is 106 Å². The summed E-state index contributed by atoms with van der Waals surface area (Å²) in [5.41, 5.74) is 2.75. The Kier molecular flexibility index (Phi) is 35.1. The van der Waals surface area contributed by atoms with E-state index in [0.29, 0.717) is 60.6 Å². The zero-order valence-electron chi connectivity index (χ0n) is 33.8. The Balaban J connectivity index is -0.000000887. The molecule has 0 aliphatic carbocycles. The van der Waals surface area contributed by atoms with E-state index < -0.39 is 11.9 Å². The topological polar surface area (TPSA) is 167 Å². The summed E-state index contributed by atoms with van der Waals surface area (Å²) >= 11 is 34.9. The van der Waals surface area contributed by atoms with Gasteiger partial charge in [-0.15, -0.1) is 0 Å². The van der Waals surface area contributed by atoms with E-state index in [1.54, 1.807) is 91.3 Å². The fraction of sp³-hybridized carbons (Fsp3) is 0.195. The Bertz CT molecular complexity index is 2250. The maximum absolute atomic E-state index is 12.1. The minimum absolute atomic E-state index is 0. The van der Waals surface area contributed by atoms with E-state index in [1.807, 2.05) is 24.3 Å². The van der Waals surface area contributed by atoms with Crippen LogP contribution in [-0.2, 0) is 31.1 Å². The van der Waals surface area contributed by atoms with E-state index in [-0.39, 0.29) is 150 Å². The molecule has 4 aromatic carbocycles. The van der Waals surface area contributed by atoms with Gasteiger partial charge in [-0.3, -0.25) is 4.79 Å². The summed E-state index contributed by atoms with van der Waals surface area (Å²) in [7, 11) is 0. The van der Waals surface area contributed by atoms with Gasteiger partial charge >= 0.3 is 115 Å². The molecule has 6 aromatic rings. The molecule has 2 heterocycles. The minimum atomic E-state index is -0.524. The second kappa shape index (κ2) is 34.4. The molecule has 0 spiro atoms. The van der Waals surface area contributed by atoms with Crippen molar-refractivity contribution in [2.75, 3.05) is 13.2 Å². The number of esters is 2. The van der Waals surface area contributed by atoms with Crippen molar-refractivity contribution in [1.29, 1.82) is 0 Å². The Labute approximate surface area is 498 Å². The number of halogens is 7. The zero-order chi connectivity index (χ0) is 43.5. The SMILES string of the molecule is C.C.CCOC(=O)c1cc(CBr)n(-c2c(Cl)cccc2Cl)n1.CCOC(=O)c1cc(COc2ccc(Br)cc2)n(-c2c(Cl)cccc2Cl)n1.O=CO[O-].Oc1ccc(Br)cc1.[H-].[K+].[K+]. The van der Waals surface area contributed by atoms with Crippen LogP contribution in [0.4, 0.5) is 0 Å². The Hall–Kier alpha value is -0.857. The van der Waals surface area contributed by atoms with E-state index in [2.05, 4.69) is 62.9 Å². The molecule has 1 N–H and O–H groups in total. The first-order valence-corrected chi connectivity index (χ1v) is 21.0. The van der Waals surface area contributed by atoms with Crippen molar-refractivity contribution in [2.45, 2.75) is 40.6 Å². The predicted molar refractivity (Wildman–Crippen MR) is 248 cm³/mol. The molecule has 0 fully saturated rings. The van der Waals surface area contributed by atoms with Crippen molar-refractivity contribution in [3.63, 3.8) is 0 Å². The van der Waals surface area contributed by atoms with Gasteiger partial charge in [-0.05, 0) is 98.8 Å². The van der Waals surface area contributed by atoms with Gasteiger partial charge in [0.2, 0.25) is 0 Å². The molecule has 13 nitrogen and oxygen atoms in total. The summed E-state index contributed by atoms with van der Waals surface area (Å²) in [6.07, 6.45) is 0. The number of aromatic nitrogens is 4. The predicted octanol–water partition coefficient (Wildman–Crippen LogP) is 5.93. The van der Waals surface area contributed by atoms with Gasteiger partial charge in [0.25, 0.3) is 6.47 Å². The van der Waals surface area contributed by atoms with Gasteiger partial charge < -0.3 is 30.9 Å². The second-order valence-electron chi connectivity index (χ2n) is 11.0. The van der Waals surface area contributed by atoms with E-state index in [9.17, 15) is 9.59 Å². The van der Waals surface area contributed by atoms with Crippen LogP contribution in [0.1, 0.15) is 62.5 Å². The summed E-state index contributed by atoms with van der Waals surface area (Å²) in [6, 6.07) is 27.8. The van der Waals surface area contributed by atoms with Gasteiger partial charge in [-0.25, -0.2) is 19.0 Å². The number of alkyl halides is 1. The molecule has 330 valence electrons. The Morgan fingerprint density at radius 3 is 1.43 bits per heavy atom. The molecule has 22 heteroatoms. The number of phenols is 1. The number of carbonyl (C=O) groups is 3. The molecule has 0 unspecified atom stereocenters. The van der Waals surface area contributed by atoms with E-state index in [0.717, 1.165) is 14.6 Å². The van der Waals surface area contributed by atoms with E-state index >= 15 is 0 Å². The fourth-order valence-corrected chi connectivity index (χ4v) is 6.59. The van der Waals surface area contributed by atoms with Gasteiger partial charge in [-0.1, -0.05) is 121 Å². The molecular formula is C41H41Br3Cl4K2N4O9. The maximum atomic E-state index is 12.1. The number of nitrogens with zero attached hydrogens (tertiary/aromatic N) is 4. The van der Waals surface area contributed by atoms with Gasteiger partial charge in [0.05, 0.1) is 44.7 Å². The number of hydrogen-bond acceptors (Lipinski definition) is 11. The van der Waals surface area contributed by atoms with Gasteiger partial charge in [-0.2, -0.15) is 10.2 Å². The van der Waals surface area contributed by atoms with Gasteiger partial charge in [0.15, 0.2) is 11.4 Å². The number of carbonyl (C=O) groups excluding carboxylic acids is 3. The molecule has 0 radical (unpaired) electrons. The number of para-hydroxylation sites is 2. The van der Waals surface area contributed by atoms with Crippen LogP contribution in [0.25, 0.3) is 11.4 Å². The van der Waals surface area contributed by atoms with Crippen LogP contribution in [0.3, 0.4) is 0 Å². The van der Waals surface area contributed by atoms with Crippen molar-refractivity contribution in [2.24, 2.45) is 0 Å². The third kappa shape index (κ3) is 20.9. The van der Waals surface area contributed by atoms with Crippen LogP contribution in [0.2, 0.25) is 20.1 Å². The van der Waals surface area contributed by atoms with Crippen LogP contribution in [0.5, 0.6) is 11.5 Å². The van der Waals surface area contributed by atoms with Crippen molar-refractivity contribution >= 4 is 113 Å². The standard InChI is InChI=1S/C19H15BrCl2N2O3.C13H11BrCl2N2O2.C6H5BrO.CH2O3.2CH4.2K.H/c1-2-26-19(25)17-10-13(11-27-14-8-6-12(20)7-9-14)24(23-17)18-15(21)4-3-5-16(18)22;1-2-20-13(19)11-6-8(7-14)18(17-11)12-9(15)4-3-5-10(12)16;7-5-1-3-6(8)4-2-5;2-1-4-3;;;;;/h3-10H,2,11H2,1H3;3-6H,2,7H2,1H3;1-4,8H;1,3H;2*1H4;;;/q;;;;;;2*+1;-1/p-1. The monoisotopic (exact) mass is 1190 g/mol. The second-order valence-corrected chi connectivity index (χ2v) is 15.0. The van der Waals surface area contributed by atoms with Gasteiger partial charge in [0, 0.05) is 14.3 Å². The third-order valence-corrected chi connectivity index (χ3v) is 9.89. The maximum Gasteiger partial charge on any atom is 1.00 e. The number of ether oxygens (including phenoxy) is 3.